The summed E-state index contributed by atoms with van der Waals surface area (Å²) in [7, 11) is 0. The number of rotatable bonds is 5. The van der Waals surface area contributed by atoms with Crippen molar-refractivity contribution in [2.75, 3.05) is 6.54 Å². The van der Waals surface area contributed by atoms with E-state index in [0.717, 1.165) is 25.0 Å². The van der Waals surface area contributed by atoms with Gasteiger partial charge in [-0.1, -0.05) is 12.1 Å². The Balaban J connectivity index is 1.81. The fourth-order valence-electron chi connectivity index (χ4n) is 1.93. The van der Waals surface area contributed by atoms with Crippen molar-refractivity contribution in [1.82, 2.24) is 5.32 Å². The third kappa shape index (κ3) is 4.23. The van der Waals surface area contributed by atoms with E-state index < -0.39 is 17.8 Å². The Morgan fingerprint density at radius 2 is 1.90 bits per heavy atom. The number of carbonyl (C=O) groups is 1. The Bertz CT molecular complexity index is 466. The molecule has 0 spiro atoms. The Morgan fingerprint density at radius 3 is 2.40 bits per heavy atom. The summed E-state index contributed by atoms with van der Waals surface area (Å²) in [4.78, 5) is 11.6. The number of nitrogens with one attached hydrogen (secondary N) is 1. The van der Waals surface area contributed by atoms with Gasteiger partial charge >= 0.3 is 6.18 Å². The first-order valence-corrected chi connectivity index (χ1v) is 6.47. The Hall–Kier alpha value is -1.56. The molecule has 0 aromatic heterocycles. The van der Waals surface area contributed by atoms with Crippen LogP contribution in [0.25, 0.3) is 0 Å². The van der Waals surface area contributed by atoms with Crippen LogP contribution in [0.4, 0.5) is 13.2 Å². The monoisotopic (exact) mass is 287 g/mol. The van der Waals surface area contributed by atoms with E-state index in [-0.39, 0.29) is 24.8 Å². The molecule has 110 valence electrons. The molecule has 1 aromatic carbocycles. The Labute approximate surface area is 114 Å². The van der Waals surface area contributed by atoms with Crippen LogP contribution < -0.4 is 5.32 Å². The minimum absolute atomic E-state index is 0.00945. The van der Waals surface area contributed by atoms with Crippen LogP contribution >= 0.6 is 0 Å². The van der Waals surface area contributed by atoms with Crippen molar-refractivity contribution in [2.24, 2.45) is 5.92 Å². The number of alkyl halides is 3. The fraction of sp³-hybridized carbons (Fsp3) is 0.500. The van der Waals surface area contributed by atoms with E-state index in [9.17, 15) is 23.1 Å². The molecule has 20 heavy (non-hydrogen) atoms. The van der Waals surface area contributed by atoms with Crippen molar-refractivity contribution < 1.29 is 23.1 Å². The quantitative estimate of drug-likeness (QED) is 0.871. The van der Waals surface area contributed by atoms with Crippen molar-refractivity contribution in [3.8, 4) is 0 Å². The average Bonchev–Trinajstić information content (AvgIpc) is 3.20. The first-order chi connectivity index (χ1) is 9.36. The topological polar surface area (TPSA) is 49.3 Å². The van der Waals surface area contributed by atoms with Crippen molar-refractivity contribution in [3.05, 3.63) is 35.4 Å². The van der Waals surface area contributed by atoms with Crippen LogP contribution in [0.3, 0.4) is 0 Å². The largest absolute Gasteiger partial charge is 0.416 e. The lowest BCUT2D eigenvalue weighted by Crippen LogP contribution is -2.34. The fourth-order valence-corrected chi connectivity index (χ4v) is 1.93. The second kappa shape index (κ2) is 5.83. The summed E-state index contributed by atoms with van der Waals surface area (Å²) in [5.41, 5.74) is -0.220. The molecule has 0 saturated heterocycles. The maximum absolute atomic E-state index is 12.4. The van der Waals surface area contributed by atoms with Crippen LogP contribution in [0.2, 0.25) is 0 Å². The highest BCUT2D eigenvalue weighted by atomic mass is 19.4. The molecule has 0 bridgehead atoms. The number of amides is 1. The van der Waals surface area contributed by atoms with Gasteiger partial charge in [0.05, 0.1) is 18.1 Å². The molecular weight excluding hydrogens is 271 g/mol. The van der Waals surface area contributed by atoms with Gasteiger partial charge in [-0.05, 0) is 36.5 Å². The van der Waals surface area contributed by atoms with Gasteiger partial charge in [0, 0.05) is 6.54 Å². The number of carbonyl (C=O) groups excluding carboxylic acids is 1. The molecule has 0 aliphatic heterocycles. The molecule has 1 amide bonds. The van der Waals surface area contributed by atoms with Crippen LogP contribution in [-0.2, 0) is 17.4 Å². The smallest absolute Gasteiger partial charge is 0.391 e. The van der Waals surface area contributed by atoms with Gasteiger partial charge < -0.3 is 10.4 Å². The predicted molar refractivity (Wildman–Crippen MR) is 66.9 cm³/mol. The zero-order valence-corrected chi connectivity index (χ0v) is 10.8. The SMILES string of the molecule is O=C(Cc1ccc(C(F)(F)F)cc1)NCC(O)C1CC1. The van der Waals surface area contributed by atoms with Crippen LogP contribution in [-0.4, -0.2) is 23.7 Å². The number of aliphatic hydroxyl groups excluding tert-OH is 1. The molecule has 1 aromatic rings. The molecule has 1 aliphatic carbocycles. The third-order valence-corrected chi connectivity index (χ3v) is 3.32. The highest BCUT2D eigenvalue weighted by Gasteiger charge is 2.30. The molecule has 2 rings (SSSR count). The molecule has 2 N–H and O–H groups in total. The van der Waals surface area contributed by atoms with Crippen LogP contribution in [0.15, 0.2) is 24.3 Å². The summed E-state index contributed by atoms with van der Waals surface area (Å²) >= 11 is 0. The summed E-state index contributed by atoms with van der Waals surface area (Å²) in [6.45, 7) is 0.199. The number of aliphatic hydroxyl groups is 1. The van der Waals surface area contributed by atoms with Gasteiger partial charge in [-0.25, -0.2) is 0 Å². The predicted octanol–water partition coefficient (Wildman–Crippen LogP) is 2.13. The molecule has 1 aliphatic rings. The van der Waals surface area contributed by atoms with E-state index >= 15 is 0 Å². The van der Waals surface area contributed by atoms with Gasteiger partial charge in [0.1, 0.15) is 0 Å². The van der Waals surface area contributed by atoms with E-state index in [1.807, 2.05) is 0 Å². The summed E-state index contributed by atoms with van der Waals surface area (Å²) < 4.78 is 37.1. The van der Waals surface area contributed by atoms with Crippen molar-refractivity contribution >= 4 is 5.91 Å². The van der Waals surface area contributed by atoms with Gasteiger partial charge in [-0.3, -0.25) is 4.79 Å². The zero-order valence-electron chi connectivity index (χ0n) is 10.8. The number of benzene rings is 1. The third-order valence-electron chi connectivity index (χ3n) is 3.32. The number of hydrogen-bond donors (Lipinski definition) is 2. The summed E-state index contributed by atoms with van der Waals surface area (Å²) in [5, 5.41) is 12.2. The second-order valence-corrected chi connectivity index (χ2v) is 5.08. The normalized spacial score (nSPS) is 16.8. The first-order valence-electron chi connectivity index (χ1n) is 6.47. The van der Waals surface area contributed by atoms with Crippen molar-refractivity contribution in [1.29, 1.82) is 0 Å². The summed E-state index contributed by atoms with van der Waals surface area (Å²) in [6.07, 6.45) is -2.91. The van der Waals surface area contributed by atoms with Gasteiger partial charge in [0.15, 0.2) is 0 Å². The summed E-state index contributed by atoms with van der Waals surface area (Å²) in [5.74, 6) is -0.0224. The summed E-state index contributed by atoms with van der Waals surface area (Å²) in [6, 6.07) is 4.50. The molecular formula is C14H16F3NO2. The first kappa shape index (κ1) is 14.8. The van der Waals surface area contributed by atoms with Crippen LogP contribution in [0, 0.1) is 5.92 Å². The lowest BCUT2D eigenvalue weighted by atomic mass is 10.1. The van der Waals surface area contributed by atoms with Crippen molar-refractivity contribution in [3.63, 3.8) is 0 Å². The zero-order chi connectivity index (χ0) is 14.8. The minimum atomic E-state index is -4.37. The van der Waals surface area contributed by atoms with Gasteiger partial charge in [-0.15, -0.1) is 0 Å². The number of hydrogen-bond acceptors (Lipinski definition) is 2. The molecule has 1 saturated carbocycles. The standard InChI is InChI=1S/C14H16F3NO2/c15-14(16,17)11-5-1-9(2-6-11)7-13(20)18-8-12(19)10-3-4-10/h1-2,5-6,10,12,19H,3-4,7-8H2,(H,18,20). The lowest BCUT2D eigenvalue weighted by Gasteiger charge is -2.11. The van der Waals surface area contributed by atoms with E-state index in [1.54, 1.807) is 0 Å². The Morgan fingerprint density at radius 1 is 1.30 bits per heavy atom. The molecule has 1 fully saturated rings. The van der Waals surface area contributed by atoms with E-state index in [4.69, 9.17) is 0 Å². The van der Waals surface area contributed by atoms with E-state index in [0.29, 0.717) is 5.56 Å². The van der Waals surface area contributed by atoms with Crippen LogP contribution in [0.1, 0.15) is 24.0 Å². The second-order valence-electron chi connectivity index (χ2n) is 5.08. The molecule has 1 unspecified atom stereocenters. The average molecular weight is 287 g/mol. The molecule has 0 heterocycles. The van der Waals surface area contributed by atoms with E-state index in [1.165, 1.54) is 12.1 Å². The maximum atomic E-state index is 12.4. The molecule has 1 atom stereocenters. The van der Waals surface area contributed by atoms with E-state index in [2.05, 4.69) is 5.32 Å². The van der Waals surface area contributed by atoms with Crippen molar-refractivity contribution in [2.45, 2.75) is 31.5 Å². The van der Waals surface area contributed by atoms with Crippen LogP contribution in [0.5, 0.6) is 0 Å². The lowest BCUT2D eigenvalue weighted by molar-refractivity contribution is -0.137. The molecule has 3 nitrogen and oxygen atoms in total. The number of halogens is 3. The van der Waals surface area contributed by atoms with Gasteiger partial charge in [0.25, 0.3) is 0 Å². The van der Waals surface area contributed by atoms with Gasteiger partial charge in [-0.2, -0.15) is 13.2 Å². The highest BCUT2D eigenvalue weighted by molar-refractivity contribution is 5.78. The maximum Gasteiger partial charge on any atom is 0.416 e. The molecule has 6 heteroatoms. The van der Waals surface area contributed by atoms with Gasteiger partial charge in [0.2, 0.25) is 5.91 Å². The highest BCUT2D eigenvalue weighted by Crippen LogP contribution is 2.32. The minimum Gasteiger partial charge on any atom is -0.391 e. The molecule has 0 radical (unpaired) electrons. The Kier molecular flexibility index (Phi) is 4.32.